The van der Waals surface area contributed by atoms with Gasteiger partial charge in [0.15, 0.2) is 5.82 Å². The monoisotopic (exact) mass is 514 g/mol. The van der Waals surface area contributed by atoms with Crippen LogP contribution in [0, 0.1) is 0 Å². The SMILES string of the molecule is O=C1/C(=c2\sc3nc(-c4ccccc4Br)nn3c2=O)c2ccccc2N1Cc1ccccc1. The van der Waals surface area contributed by atoms with Crippen LogP contribution in [-0.4, -0.2) is 20.5 Å². The molecule has 6 nitrogen and oxygen atoms in total. The van der Waals surface area contributed by atoms with Crippen LogP contribution < -0.4 is 15.0 Å². The van der Waals surface area contributed by atoms with E-state index in [9.17, 15) is 9.59 Å². The molecule has 1 amide bonds. The molecule has 0 unspecified atom stereocenters. The first-order valence-corrected chi connectivity index (χ1v) is 11.9. The van der Waals surface area contributed by atoms with Crippen molar-refractivity contribution in [3.8, 4) is 11.4 Å². The van der Waals surface area contributed by atoms with Crippen LogP contribution in [0.1, 0.15) is 11.1 Å². The van der Waals surface area contributed by atoms with Gasteiger partial charge in [-0.15, -0.1) is 5.10 Å². The molecule has 5 aromatic rings. The van der Waals surface area contributed by atoms with E-state index in [-0.39, 0.29) is 11.5 Å². The zero-order valence-corrected chi connectivity index (χ0v) is 19.5. The second kappa shape index (κ2) is 7.75. The van der Waals surface area contributed by atoms with Crippen LogP contribution in [0.4, 0.5) is 5.69 Å². The van der Waals surface area contributed by atoms with Crippen molar-refractivity contribution in [3.05, 3.63) is 109 Å². The van der Waals surface area contributed by atoms with E-state index >= 15 is 0 Å². The van der Waals surface area contributed by atoms with Crippen molar-refractivity contribution in [3.63, 3.8) is 0 Å². The average Bonchev–Trinajstić information content (AvgIpc) is 3.46. The van der Waals surface area contributed by atoms with Gasteiger partial charge in [-0.1, -0.05) is 87.9 Å². The fraction of sp³-hybridized carbons (Fsp3) is 0.0400. The van der Waals surface area contributed by atoms with Gasteiger partial charge in [0.2, 0.25) is 4.96 Å². The Bertz CT molecular complexity index is 1660. The Hall–Kier alpha value is -3.62. The zero-order valence-electron chi connectivity index (χ0n) is 17.1. The summed E-state index contributed by atoms with van der Waals surface area (Å²) >= 11 is 4.70. The molecule has 0 saturated carbocycles. The van der Waals surface area contributed by atoms with Crippen molar-refractivity contribution in [2.45, 2.75) is 6.54 Å². The first-order valence-electron chi connectivity index (χ1n) is 10.3. The number of para-hydroxylation sites is 1. The Morgan fingerprint density at radius 1 is 0.848 bits per heavy atom. The predicted molar refractivity (Wildman–Crippen MR) is 132 cm³/mol. The molecule has 160 valence electrons. The predicted octanol–water partition coefficient (Wildman–Crippen LogP) is 4.05. The molecule has 0 atom stereocenters. The lowest BCUT2D eigenvalue weighted by Crippen LogP contribution is -2.32. The maximum Gasteiger partial charge on any atom is 0.291 e. The number of hydrogen-bond donors (Lipinski definition) is 0. The number of nitrogens with zero attached hydrogens (tertiary/aromatic N) is 4. The molecule has 0 aliphatic carbocycles. The number of aromatic nitrogens is 3. The average molecular weight is 515 g/mol. The van der Waals surface area contributed by atoms with Crippen molar-refractivity contribution in [2.75, 3.05) is 4.90 Å². The molecule has 3 aromatic carbocycles. The Labute approximate surface area is 200 Å². The molecule has 0 fully saturated rings. The molecule has 33 heavy (non-hydrogen) atoms. The van der Waals surface area contributed by atoms with Crippen molar-refractivity contribution in [1.82, 2.24) is 14.6 Å². The van der Waals surface area contributed by atoms with E-state index in [1.165, 1.54) is 15.9 Å². The number of hydrogen-bond acceptors (Lipinski definition) is 5. The van der Waals surface area contributed by atoms with Gasteiger partial charge in [-0.3, -0.25) is 9.59 Å². The smallest absolute Gasteiger partial charge is 0.291 e. The first-order chi connectivity index (χ1) is 16.1. The summed E-state index contributed by atoms with van der Waals surface area (Å²) in [7, 11) is 0. The van der Waals surface area contributed by atoms with Crippen molar-refractivity contribution in [1.29, 1.82) is 0 Å². The maximum absolute atomic E-state index is 13.6. The summed E-state index contributed by atoms with van der Waals surface area (Å²) in [6.45, 7) is 0.432. The van der Waals surface area contributed by atoms with Crippen LogP contribution in [0.3, 0.4) is 0 Å². The van der Waals surface area contributed by atoms with Gasteiger partial charge in [-0.2, -0.15) is 9.50 Å². The van der Waals surface area contributed by atoms with Gasteiger partial charge in [-0.05, 0) is 23.8 Å². The molecule has 3 heterocycles. The van der Waals surface area contributed by atoms with E-state index < -0.39 is 0 Å². The second-order valence-corrected chi connectivity index (χ2v) is 9.45. The normalized spacial score (nSPS) is 14.8. The minimum absolute atomic E-state index is 0.187. The molecule has 1 aliphatic rings. The molecular weight excluding hydrogens is 500 g/mol. The quantitative estimate of drug-likeness (QED) is 0.364. The number of rotatable bonds is 3. The van der Waals surface area contributed by atoms with Gasteiger partial charge in [0.1, 0.15) is 4.53 Å². The Morgan fingerprint density at radius 2 is 1.55 bits per heavy atom. The van der Waals surface area contributed by atoms with E-state index in [1.807, 2.05) is 78.9 Å². The van der Waals surface area contributed by atoms with Gasteiger partial charge < -0.3 is 4.90 Å². The molecule has 0 radical (unpaired) electrons. The lowest BCUT2D eigenvalue weighted by molar-refractivity contribution is -0.113. The van der Waals surface area contributed by atoms with Crippen LogP contribution in [0.5, 0.6) is 0 Å². The Kier molecular flexibility index (Phi) is 4.70. The van der Waals surface area contributed by atoms with Gasteiger partial charge in [0, 0.05) is 15.6 Å². The molecule has 0 saturated heterocycles. The van der Waals surface area contributed by atoms with Crippen LogP contribution in [-0.2, 0) is 11.3 Å². The number of fused-ring (bicyclic) bond motifs is 2. The van der Waals surface area contributed by atoms with E-state index in [4.69, 9.17) is 0 Å². The Balaban J connectivity index is 1.52. The van der Waals surface area contributed by atoms with Gasteiger partial charge >= 0.3 is 0 Å². The van der Waals surface area contributed by atoms with Crippen molar-refractivity contribution in [2.24, 2.45) is 0 Å². The molecule has 0 bridgehead atoms. The van der Waals surface area contributed by atoms with Crippen molar-refractivity contribution >= 4 is 49.4 Å². The third kappa shape index (κ3) is 3.21. The fourth-order valence-corrected chi connectivity index (χ4v) is 5.52. The number of carbonyl (C=O) groups is 1. The van der Waals surface area contributed by atoms with Crippen LogP contribution in [0.15, 0.2) is 88.1 Å². The maximum atomic E-state index is 13.6. The van der Waals surface area contributed by atoms with Gasteiger partial charge in [0.25, 0.3) is 11.5 Å². The highest BCUT2D eigenvalue weighted by Crippen LogP contribution is 2.36. The number of anilines is 1. The minimum Gasteiger partial charge on any atom is -0.303 e. The van der Waals surface area contributed by atoms with Crippen LogP contribution >= 0.6 is 27.3 Å². The second-order valence-electron chi connectivity index (χ2n) is 7.62. The van der Waals surface area contributed by atoms with Gasteiger partial charge in [-0.25, -0.2) is 0 Å². The van der Waals surface area contributed by atoms with Crippen LogP contribution in [0.2, 0.25) is 0 Å². The zero-order chi connectivity index (χ0) is 22.5. The summed E-state index contributed by atoms with van der Waals surface area (Å²) in [5.74, 6) is 0.277. The summed E-state index contributed by atoms with van der Waals surface area (Å²) in [6, 6.07) is 25.0. The topological polar surface area (TPSA) is 67.6 Å². The molecule has 6 rings (SSSR count). The fourth-order valence-electron chi connectivity index (χ4n) is 4.06. The number of carbonyl (C=O) groups excluding carboxylic acids is 1. The third-order valence-corrected chi connectivity index (χ3v) is 7.33. The summed E-state index contributed by atoms with van der Waals surface area (Å²) in [5.41, 5.74) is 3.45. The first kappa shape index (κ1) is 20.0. The van der Waals surface area contributed by atoms with E-state index in [0.717, 1.165) is 26.9 Å². The molecule has 2 aromatic heterocycles. The highest BCUT2D eigenvalue weighted by molar-refractivity contribution is 9.10. The summed E-state index contributed by atoms with van der Waals surface area (Å²) in [5, 5.41) is 4.44. The van der Waals surface area contributed by atoms with Crippen molar-refractivity contribution < 1.29 is 4.79 Å². The summed E-state index contributed by atoms with van der Waals surface area (Å²) < 4.78 is 2.50. The largest absolute Gasteiger partial charge is 0.303 e. The molecule has 0 N–H and O–H groups in total. The standard InChI is InChI=1S/C25H15BrN4O2S/c26-18-12-6-4-10-16(18)22-27-25-30(28-22)24(32)21(33-25)20-17-11-5-7-13-19(17)29(23(20)31)14-15-8-2-1-3-9-15/h1-13H,14H2/b21-20-. The van der Waals surface area contributed by atoms with Crippen LogP contribution in [0.25, 0.3) is 21.9 Å². The minimum atomic E-state index is -0.333. The van der Waals surface area contributed by atoms with E-state index in [0.29, 0.717) is 27.4 Å². The highest BCUT2D eigenvalue weighted by atomic mass is 79.9. The third-order valence-electron chi connectivity index (χ3n) is 5.61. The number of halogens is 1. The highest BCUT2D eigenvalue weighted by Gasteiger charge is 2.34. The lowest BCUT2D eigenvalue weighted by Gasteiger charge is -2.17. The number of thiazole rings is 1. The molecule has 1 aliphatic heterocycles. The van der Waals surface area contributed by atoms with Gasteiger partial charge in [0.05, 0.1) is 17.8 Å². The Morgan fingerprint density at radius 3 is 2.30 bits per heavy atom. The molecule has 0 spiro atoms. The molecular formula is C25H15BrN4O2S. The van der Waals surface area contributed by atoms with E-state index in [2.05, 4.69) is 26.0 Å². The van der Waals surface area contributed by atoms with E-state index in [1.54, 1.807) is 4.90 Å². The number of benzene rings is 3. The number of amides is 1. The molecule has 8 heteroatoms. The summed E-state index contributed by atoms with van der Waals surface area (Å²) in [4.78, 5) is 33.6. The summed E-state index contributed by atoms with van der Waals surface area (Å²) in [6.07, 6.45) is 0. The lowest BCUT2D eigenvalue weighted by atomic mass is 10.1.